The van der Waals surface area contributed by atoms with Gasteiger partial charge >= 0.3 is 0 Å². The number of amides is 2. The van der Waals surface area contributed by atoms with Crippen LogP contribution in [0.15, 0.2) is 59.2 Å². The number of carbonyl (C=O) groups excluding carboxylic acids is 2. The molecule has 0 saturated heterocycles. The maximum Gasteiger partial charge on any atom is 0.259 e. The van der Waals surface area contributed by atoms with Crippen molar-refractivity contribution in [2.75, 3.05) is 10.6 Å². The van der Waals surface area contributed by atoms with Gasteiger partial charge in [-0.3, -0.25) is 9.59 Å². The molecule has 0 fully saturated rings. The van der Waals surface area contributed by atoms with Gasteiger partial charge in [0, 0.05) is 12.1 Å². The van der Waals surface area contributed by atoms with Gasteiger partial charge in [0.25, 0.3) is 5.91 Å². The molecule has 2 amide bonds. The number of aryl methyl sites for hydroxylation is 2. The topological polar surface area (TPSA) is 71.3 Å². The Kier molecular flexibility index (Phi) is 6.59. The lowest BCUT2D eigenvalue weighted by Gasteiger charge is -2.19. The summed E-state index contributed by atoms with van der Waals surface area (Å²) in [6, 6.07) is 13.8. The van der Waals surface area contributed by atoms with Crippen molar-refractivity contribution >= 4 is 23.2 Å². The number of anilines is 2. The van der Waals surface area contributed by atoms with Crippen molar-refractivity contribution in [2.24, 2.45) is 0 Å². The molecule has 3 rings (SSSR count). The fraction of sp³-hybridized carbons (Fsp3) is 0.280. The third-order valence-corrected chi connectivity index (χ3v) is 5.06. The second-order valence-corrected chi connectivity index (χ2v) is 8.53. The predicted octanol–water partition coefficient (Wildman–Crippen LogP) is 5.85. The number of furan rings is 1. The first kappa shape index (κ1) is 22.3. The number of hydrogen-bond acceptors (Lipinski definition) is 3. The highest BCUT2D eigenvalue weighted by atomic mass is 19.1. The summed E-state index contributed by atoms with van der Waals surface area (Å²) in [7, 11) is 0. The van der Waals surface area contributed by atoms with Gasteiger partial charge in [-0.15, -0.1) is 0 Å². The summed E-state index contributed by atoms with van der Waals surface area (Å²) >= 11 is 0. The van der Waals surface area contributed by atoms with Gasteiger partial charge in [0.15, 0.2) is 0 Å². The first-order valence-corrected chi connectivity index (χ1v) is 10.2. The van der Waals surface area contributed by atoms with Crippen LogP contribution in [0.4, 0.5) is 15.8 Å². The zero-order chi connectivity index (χ0) is 22.6. The Labute approximate surface area is 181 Å². The summed E-state index contributed by atoms with van der Waals surface area (Å²) in [5.41, 5.74) is 3.13. The van der Waals surface area contributed by atoms with E-state index >= 15 is 0 Å². The molecule has 5 nitrogen and oxygen atoms in total. The molecule has 1 heterocycles. The van der Waals surface area contributed by atoms with Crippen LogP contribution in [0.1, 0.15) is 54.4 Å². The van der Waals surface area contributed by atoms with Gasteiger partial charge < -0.3 is 15.1 Å². The molecule has 0 bridgehead atoms. The van der Waals surface area contributed by atoms with E-state index in [0.717, 1.165) is 5.56 Å². The molecular weight excluding hydrogens is 395 g/mol. The van der Waals surface area contributed by atoms with E-state index in [-0.39, 0.29) is 17.0 Å². The first-order valence-electron chi connectivity index (χ1n) is 10.2. The fourth-order valence-electron chi connectivity index (χ4n) is 3.16. The van der Waals surface area contributed by atoms with Gasteiger partial charge in [-0.1, -0.05) is 45.0 Å². The Hall–Kier alpha value is -3.41. The molecule has 0 spiro atoms. The van der Waals surface area contributed by atoms with Crippen LogP contribution in [0, 0.1) is 12.7 Å². The highest BCUT2D eigenvalue weighted by Gasteiger charge is 2.15. The Morgan fingerprint density at radius 3 is 2.32 bits per heavy atom. The van der Waals surface area contributed by atoms with Crippen molar-refractivity contribution in [3.05, 3.63) is 83.1 Å². The molecule has 1 aromatic heterocycles. The highest BCUT2D eigenvalue weighted by molar-refractivity contribution is 6.05. The average molecular weight is 423 g/mol. The molecular formula is C25H27FN2O3. The second kappa shape index (κ2) is 9.16. The zero-order valence-electron chi connectivity index (χ0n) is 18.2. The van der Waals surface area contributed by atoms with Gasteiger partial charge in [0.05, 0.1) is 17.5 Å². The van der Waals surface area contributed by atoms with E-state index in [9.17, 15) is 14.0 Å². The standard InChI is InChI=1S/C25H27FN2O3/c1-16-20(13-14-31-16)24(30)28-22-15-19(10-11-21(22)26)27-23(29)12-7-17-5-8-18(9-6-17)25(2,3)4/h5-6,8-11,13-15H,7,12H2,1-4H3,(H,27,29)(H,28,30). The van der Waals surface area contributed by atoms with E-state index in [2.05, 4.69) is 43.5 Å². The van der Waals surface area contributed by atoms with Gasteiger partial charge in [-0.05, 0) is 54.2 Å². The molecule has 6 heteroatoms. The van der Waals surface area contributed by atoms with Gasteiger partial charge in [-0.2, -0.15) is 0 Å². The normalized spacial score (nSPS) is 11.3. The number of hydrogen-bond donors (Lipinski definition) is 2. The Morgan fingerprint density at radius 1 is 1.00 bits per heavy atom. The molecule has 31 heavy (non-hydrogen) atoms. The summed E-state index contributed by atoms with van der Waals surface area (Å²) in [6.07, 6.45) is 2.29. The minimum Gasteiger partial charge on any atom is -0.469 e. The second-order valence-electron chi connectivity index (χ2n) is 8.53. The maximum absolute atomic E-state index is 14.1. The van der Waals surface area contributed by atoms with E-state index in [1.54, 1.807) is 6.92 Å². The summed E-state index contributed by atoms with van der Waals surface area (Å²) in [5.74, 6) is -0.814. The van der Waals surface area contributed by atoms with Gasteiger partial charge in [0.2, 0.25) is 5.91 Å². The lowest BCUT2D eigenvalue weighted by atomic mass is 9.86. The first-order chi connectivity index (χ1) is 14.6. The van der Waals surface area contributed by atoms with Gasteiger partial charge in [0.1, 0.15) is 11.6 Å². The lowest BCUT2D eigenvalue weighted by molar-refractivity contribution is -0.116. The molecule has 0 atom stereocenters. The highest BCUT2D eigenvalue weighted by Crippen LogP contribution is 2.23. The van der Waals surface area contributed by atoms with E-state index in [1.165, 1.54) is 36.1 Å². The van der Waals surface area contributed by atoms with Crippen LogP contribution in [-0.4, -0.2) is 11.8 Å². The molecule has 0 saturated carbocycles. The van der Waals surface area contributed by atoms with Crippen molar-refractivity contribution in [3.63, 3.8) is 0 Å². The van der Waals surface area contributed by atoms with Gasteiger partial charge in [-0.25, -0.2) is 4.39 Å². The number of benzene rings is 2. The largest absolute Gasteiger partial charge is 0.469 e. The SMILES string of the molecule is Cc1occc1C(=O)Nc1cc(NC(=O)CCc2ccc(C(C)(C)C)cc2)ccc1F. The molecule has 0 aliphatic carbocycles. The Bertz CT molecular complexity index is 1080. The number of halogens is 1. The molecule has 3 aromatic rings. The molecule has 2 N–H and O–H groups in total. The van der Waals surface area contributed by atoms with Crippen LogP contribution in [0.25, 0.3) is 0 Å². The van der Waals surface area contributed by atoms with Crippen LogP contribution in [0.3, 0.4) is 0 Å². The smallest absolute Gasteiger partial charge is 0.259 e. The van der Waals surface area contributed by atoms with E-state index in [4.69, 9.17) is 4.42 Å². The van der Waals surface area contributed by atoms with E-state index in [0.29, 0.717) is 29.9 Å². The van der Waals surface area contributed by atoms with Crippen LogP contribution in [0.2, 0.25) is 0 Å². The molecule has 0 unspecified atom stereocenters. The lowest BCUT2D eigenvalue weighted by Crippen LogP contribution is -2.15. The number of nitrogens with one attached hydrogen (secondary N) is 2. The minimum absolute atomic E-state index is 0.0128. The average Bonchev–Trinajstić information content (AvgIpc) is 3.14. The predicted molar refractivity (Wildman–Crippen MR) is 120 cm³/mol. The quantitative estimate of drug-likeness (QED) is 0.524. The van der Waals surface area contributed by atoms with Crippen molar-refractivity contribution in [1.82, 2.24) is 0 Å². The molecule has 0 aliphatic rings. The number of rotatable bonds is 6. The monoisotopic (exact) mass is 422 g/mol. The van der Waals surface area contributed by atoms with E-state index < -0.39 is 11.7 Å². The summed E-state index contributed by atoms with van der Waals surface area (Å²) in [5, 5.41) is 5.28. The Balaban J connectivity index is 1.59. The number of carbonyl (C=O) groups is 2. The van der Waals surface area contributed by atoms with Crippen molar-refractivity contribution in [2.45, 2.75) is 46.0 Å². The fourth-order valence-corrected chi connectivity index (χ4v) is 3.16. The van der Waals surface area contributed by atoms with Crippen LogP contribution in [-0.2, 0) is 16.6 Å². The van der Waals surface area contributed by atoms with Crippen LogP contribution in [0.5, 0.6) is 0 Å². The third kappa shape index (κ3) is 5.81. The molecule has 2 aromatic carbocycles. The summed E-state index contributed by atoms with van der Waals surface area (Å²) in [4.78, 5) is 24.7. The molecule has 162 valence electrons. The molecule has 0 radical (unpaired) electrons. The van der Waals surface area contributed by atoms with Crippen LogP contribution < -0.4 is 10.6 Å². The van der Waals surface area contributed by atoms with Crippen molar-refractivity contribution in [1.29, 1.82) is 0 Å². The maximum atomic E-state index is 14.1. The Morgan fingerprint density at radius 2 is 1.71 bits per heavy atom. The van der Waals surface area contributed by atoms with Crippen molar-refractivity contribution < 1.29 is 18.4 Å². The summed E-state index contributed by atoms with van der Waals surface area (Å²) < 4.78 is 19.2. The van der Waals surface area contributed by atoms with E-state index in [1.807, 2.05) is 12.1 Å². The summed E-state index contributed by atoms with van der Waals surface area (Å²) in [6.45, 7) is 8.13. The van der Waals surface area contributed by atoms with Crippen molar-refractivity contribution in [3.8, 4) is 0 Å². The minimum atomic E-state index is -0.591. The molecule has 0 aliphatic heterocycles. The third-order valence-electron chi connectivity index (χ3n) is 5.06. The zero-order valence-corrected chi connectivity index (χ0v) is 18.2. The van der Waals surface area contributed by atoms with Crippen LogP contribution >= 0.6 is 0 Å².